The fourth-order valence-electron chi connectivity index (χ4n) is 2.15. The van der Waals surface area contributed by atoms with E-state index in [1.54, 1.807) is 18.2 Å². The van der Waals surface area contributed by atoms with Crippen molar-refractivity contribution in [2.45, 2.75) is 19.8 Å². The molecule has 1 aliphatic heterocycles. The van der Waals surface area contributed by atoms with E-state index < -0.39 is 0 Å². The third-order valence-electron chi connectivity index (χ3n) is 3.12. The summed E-state index contributed by atoms with van der Waals surface area (Å²) in [5, 5.41) is 3.78. The van der Waals surface area contributed by atoms with Crippen molar-refractivity contribution in [1.82, 2.24) is 4.90 Å². The molecule has 5 heteroatoms. The number of carbonyl (C=O) groups excluding carboxylic acids is 1. The summed E-state index contributed by atoms with van der Waals surface area (Å²) in [5.74, 6) is 0.568. The Kier molecular flexibility index (Phi) is 4.36. The van der Waals surface area contributed by atoms with E-state index in [9.17, 15) is 4.79 Å². The van der Waals surface area contributed by atoms with Gasteiger partial charge in [-0.15, -0.1) is 0 Å². The zero-order chi connectivity index (χ0) is 13.1. The van der Waals surface area contributed by atoms with Crippen LogP contribution in [0.4, 0.5) is 10.5 Å². The molecule has 0 aliphatic carbocycles. The van der Waals surface area contributed by atoms with Crippen LogP contribution in [0.25, 0.3) is 0 Å². The SMILES string of the molecule is C[C@@H]1CCCN(C(=O)Nc2ccc(Cl)c(Cl)c2)C1. The molecular weight excluding hydrogens is 271 g/mol. The van der Waals surface area contributed by atoms with Crippen molar-refractivity contribution in [2.75, 3.05) is 18.4 Å². The molecule has 0 radical (unpaired) electrons. The summed E-state index contributed by atoms with van der Waals surface area (Å²) < 4.78 is 0. The van der Waals surface area contributed by atoms with Crippen molar-refractivity contribution < 1.29 is 4.79 Å². The van der Waals surface area contributed by atoms with Gasteiger partial charge in [-0.05, 0) is 37.0 Å². The summed E-state index contributed by atoms with van der Waals surface area (Å²) in [5.41, 5.74) is 0.674. The molecule has 0 unspecified atom stereocenters. The summed E-state index contributed by atoms with van der Waals surface area (Å²) in [6, 6.07) is 5.02. The van der Waals surface area contributed by atoms with Gasteiger partial charge in [0.15, 0.2) is 0 Å². The highest BCUT2D eigenvalue weighted by molar-refractivity contribution is 6.42. The summed E-state index contributed by atoms with van der Waals surface area (Å²) >= 11 is 11.7. The minimum Gasteiger partial charge on any atom is -0.324 e. The van der Waals surface area contributed by atoms with E-state index in [-0.39, 0.29) is 6.03 Å². The fourth-order valence-corrected chi connectivity index (χ4v) is 2.45. The first-order chi connectivity index (χ1) is 8.56. The number of piperidine rings is 1. The molecule has 1 N–H and O–H groups in total. The zero-order valence-corrected chi connectivity index (χ0v) is 11.8. The highest BCUT2D eigenvalue weighted by Gasteiger charge is 2.20. The molecule has 3 nitrogen and oxygen atoms in total. The number of anilines is 1. The molecule has 1 fully saturated rings. The third-order valence-corrected chi connectivity index (χ3v) is 3.85. The van der Waals surface area contributed by atoms with Gasteiger partial charge < -0.3 is 10.2 Å². The second-order valence-electron chi connectivity index (χ2n) is 4.75. The molecule has 1 saturated heterocycles. The lowest BCUT2D eigenvalue weighted by Gasteiger charge is -2.30. The lowest BCUT2D eigenvalue weighted by molar-refractivity contribution is 0.182. The Morgan fingerprint density at radius 2 is 2.17 bits per heavy atom. The summed E-state index contributed by atoms with van der Waals surface area (Å²) in [6.07, 6.45) is 2.26. The standard InChI is InChI=1S/C13H16Cl2N2O/c1-9-3-2-6-17(8-9)13(18)16-10-4-5-11(14)12(15)7-10/h4-5,7,9H,2-3,6,8H2,1H3,(H,16,18)/t9-/m1/s1. The van der Waals surface area contributed by atoms with E-state index in [0.717, 1.165) is 19.5 Å². The number of nitrogens with zero attached hydrogens (tertiary/aromatic N) is 1. The van der Waals surface area contributed by atoms with Gasteiger partial charge >= 0.3 is 6.03 Å². The van der Waals surface area contributed by atoms with E-state index in [1.807, 2.05) is 4.90 Å². The van der Waals surface area contributed by atoms with Crippen LogP contribution in [0.2, 0.25) is 10.0 Å². The average molecular weight is 287 g/mol. The average Bonchev–Trinajstić information content (AvgIpc) is 2.34. The van der Waals surface area contributed by atoms with Crippen molar-refractivity contribution in [3.8, 4) is 0 Å². The first kappa shape index (κ1) is 13.5. The Morgan fingerprint density at radius 3 is 2.83 bits per heavy atom. The smallest absolute Gasteiger partial charge is 0.321 e. The summed E-state index contributed by atoms with van der Waals surface area (Å²) in [7, 11) is 0. The predicted molar refractivity (Wildman–Crippen MR) is 75.5 cm³/mol. The Bertz CT molecular complexity index is 451. The van der Waals surface area contributed by atoms with Crippen LogP contribution in [0.15, 0.2) is 18.2 Å². The number of likely N-dealkylation sites (tertiary alicyclic amines) is 1. The van der Waals surface area contributed by atoms with Crippen LogP contribution in [0.1, 0.15) is 19.8 Å². The Hall–Kier alpha value is -0.930. The molecule has 98 valence electrons. The lowest BCUT2D eigenvalue weighted by Crippen LogP contribution is -2.41. The van der Waals surface area contributed by atoms with E-state index >= 15 is 0 Å². The molecule has 1 heterocycles. The van der Waals surface area contributed by atoms with Gasteiger partial charge in [0.25, 0.3) is 0 Å². The maximum Gasteiger partial charge on any atom is 0.321 e. The van der Waals surface area contributed by atoms with Gasteiger partial charge in [-0.25, -0.2) is 4.79 Å². The van der Waals surface area contributed by atoms with Gasteiger partial charge in [0.2, 0.25) is 0 Å². The maximum absolute atomic E-state index is 12.0. The number of carbonyl (C=O) groups is 1. The van der Waals surface area contributed by atoms with Crippen molar-refractivity contribution in [2.24, 2.45) is 5.92 Å². The molecule has 1 aromatic carbocycles. The van der Waals surface area contributed by atoms with Gasteiger partial charge in [0.05, 0.1) is 10.0 Å². The number of amides is 2. The first-order valence-electron chi connectivity index (χ1n) is 6.07. The van der Waals surface area contributed by atoms with Crippen molar-refractivity contribution in [3.05, 3.63) is 28.2 Å². The van der Waals surface area contributed by atoms with Gasteiger partial charge in [-0.1, -0.05) is 30.1 Å². The number of nitrogens with one attached hydrogen (secondary N) is 1. The monoisotopic (exact) mass is 286 g/mol. The molecule has 0 bridgehead atoms. The van der Waals surface area contributed by atoms with Gasteiger partial charge in [-0.3, -0.25) is 0 Å². The number of rotatable bonds is 1. The Balaban J connectivity index is 2.00. The van der Waals surface area contributed by atoms with Gasteiger partial charge in [-0.2, -0.15) is 0 Å². The van der Waals surface area contributed by atoms with Crippen LogP contribution in [-0.4, -0.2) is 24.0 Å². The van der Waals surface area contributed by atoms with Crippen molar-refractivity contribution in [1.29, 1.82) is 0 Å². The molecule has 1 atom stereocenters. The predicted octanol–water partition coefficient (Wildman–Crippen LogP) is 4.26. The van der Waals surface area contributed by atoms with Crippen LogP contribution in [0, 0.1) is 5.92 Å². The third kappa shape index (κ3) is 3.30. The van der Waals surface area contributed by atoms with E-state index in [4.69, 9.17) is 23.2 Å². The summed E-state index contributed by atoms with van der Waals surface area (Å²) in [4.78, 5) is 13.9. The molecule has 2 rings (SSSR count). The minimum absolute atomic E-state index is 0.0695. The largest absolute Gasteiger partial charge is 0.324 e. The van der Waals surface area contributed by atoms with Crippen molar-refractivity contribution in [3.63, 3.8) is 0 Å². The Morgan fingerprint density at radius 1 is 1.39 bits per heavy atom. The topological polar surface area (TPSA) is 32.3 Å². The molecule has 1 aliphatic rings. The van der Waals surface area contributed by atoms with Gasteiger partial charge in [0, 0.05) is 18.8 Å². The lowest BCUT2D eigenvalue weighted by atomic mass is 10.0. The number of urea groups is 1. The van der Waals surface area contributed by atoms with Crippen LogP contribution in [0.5, 0.6) is 0 Å². The fraction of sp³-hybridized carbons (Fsp3) is 0.462. The molecule has 2 amide bonds. The molecule has 0 aromatic heterocycles. The highest BCUT2D eigenvalue weighted by Crippen LogP contribution is 2.25. The van der Waals surface area contributed by atoms with Gasteiger partial charge in [0.1, 0.15) is 0 Å². The van der Waals surface area contributed by atoms with Crippen LogP contribution in [-0.2, 0) is 0 Å². The molecular formula is C13H16Cl2N2O. The minimum atomic E-state index is -0.0695. The molecule has 18 heavy (non-hydrogen) atoms. The molecule has 0 saturated carbocycles. The number of hydrogen-bond acceptors (Lipinski definition) is 1. The second-order valence-corrected chi connectivity index (χ2v) is 5.57. The molecule has 0 spiro atoms. The van der Waals surface area contributed by atoms with E-state index in [1.165, 1.54) is 6.42 Å². The van der Waals surface area contributed by atoms with Crippen LogP contribution < -0.4 is 5.32 Å². The first-order valence-corrected chi connectivity index (χ1v) is 6.83. The number of benzene rings is 1. The second kappa shape index (κ2) is 5.81. The Labute approximate surface area is 117 Å². The maximum atomic E-state index is 12.0. The quantitative estimate of drug-likeness (QED) is 0.822. The van der Waals surface area contributed by atoms with Crippen molar-refractivity contribution >= 4 is 34.9 Å². The normalized spacial score (nSPS) is 19.7. The van der Waals surface area contributed by atoms with Crippen LogP contribution in [0.3, 0.4) is 0 Å². The number of halogens is 2. The zero-order valence-electron chi connectivity index (χ0n) is 10.2. The highest BCUT2D eigenvalue weighted by atomic mass is 35.5. The van der Waals surface area contributed by atoms with E-state index in [2.05, 4.69) is 12.2 Å². The number of hydrogen-bond donors (Lipinski definition) is 1. The van der Waals surface area contributed by atoms with E-state index in [0.29, 0.717) is 21.7 Å². The van der Waals surface area contributed by atoms with Crippen LogP contribution >= 0.6 is 23.2 Å². The molecule has 1 aromatic rings. The summed E-state index contributed by atoms with van der Waals surface area (Å²) in [6.45, 7) is 3.79.